The summed E-state index contributed by atoms with van der Waals surface area (Å²) in [6.07, 6.45) is 3.00. The number of carbonyl (C=O) groups excluding carboxylic acids is 2. The Morgan fingerprint density at radius 1 is 0.975 bits per heavy atom. The maximum atomic E-state index is 14.0. The van der Waals surface area contributed by atoms with E-state index in [0.717, 1.165) is 34.5 Å². The van der Waals surface area contributed by atoms with Crippen molar-refractivity contribution in [1.82, 2.24) is 10.2 Å². The Hall–Kier alpha value is -3.56. The molecule has 214 valence electrons. The molecule has 3 rings (SSSR count). The van der Waals surface area contributed by atoms with Gasteiger partial charge in [0, 0.05) is 19.5 Å². The molecule has 1 atom stereocenters. The number of benzene rings is 3. The van der Waals surface area contributed by atoms with Crippen LogP contribution in [-0.4, -0.2) is 57.6 Å². The van der Waals surface area contributed by atoms with Crippen LogP contribution in [0, 0.1) is 0 Å². The molecule has 0 aliphatic carbocycles. The van der Waals surface area contributed by atoms with E-state index in [2.05, 4.69) is 5.32 Å². The molecule has 40 heavy (non-hydrogen) atoms. The minimum atomic E-state index is -3.89. The summed E-state index contributed by atoms with van der Waals surface area (Å²) in [6, 6.07) is 22.4. The van der Waals surface area contributed by atoms with Gasteiger partial charge in [-0.15, -0.1) is 0 Å². The smallest absolute Gasteiger partial charge is 0.244 e. The Balaban J connectivity index is 2.02. The van der Waals surface area contributed by atoms with Crippen molar-refractivity contribution in [2.45, 2.75) is 38.8 Å². The van der Waals surface area contributed by atoms with Crippen molar-refractivity contribution in [3.8, 4) is 5.75 Å². The van der Waals surface area contributed by atoms with Crippen LogP contribution in [0.5, 0.6) is 5.75 Å². The van der Waals surface area contributed by atoms with E-state index < -0.39 is 28.5 Å². The summed E-state index contributed by atoms with van der Waals surface area (Å²) < 4.78 is 31.9. The summed E-state index contributed by atoms with van der Waals surface area (Å²) in [5.74, 6) is -0.435. The SMILES string of the molecule is CCCCNC(=O)[C@@H](Cc1ccccc1)N(Cc1ccccc1)C(=O)CN(c1ccc(OC)c(Cl)c1)S(C)(=O)=O. The Labute approximate surface area is 241 Å². The van der Waals surface area contributed by atoms with E-state index in [9.17, 15) is 18.0 Å². The van der Waals surface area contributed by atoms with Crippen molar-refractivity contribution >= 4 is 39.1 Å². The molecule has 0 unspecified atom stereocenters. The van der Waals surface area contributed by atoms with Crippen molar-refractivity contribution in [3.63, 3.8) is 0 Å². The molecule has 1 N–H and O–H groups in total. The van der Waals surface area contributed by atoms with E-state index in [4.69, 9.17) is 16.3 Å². The molecule has 3 aromatic carbocycles. The van der Waals surface area contributed by atoms with E-state index >= 15 is 0 Å². The quantitative estimate of drug-likeness (QED) is 0.277. The second-order valence-corrected chi connectivity index (χ2v) is 11.8. The Kier molecular flexibility index (Phi) is 11.4. The lowest BCUT2D eigenvalue weighted by Crippen LogP contribution is -2.53. The molecule has 0 aliphatic rings. The van der Waals surface area contributed by atoms with Crippen LogP contribution < -0.4 is 14.4 Å². The third-order valence-corrected chi connectivity index (χ3v) is 7.83. The molecule has 0 aromatic heterocycles. The first-order chi connectivity index (χ1) is 19.1. The molecule has 0 spiro atoms. The molecule has 0 aliphatic heterocycles. The van der Waals surface area contributed by atoms with Crippen LogP contribution in [0.25, 0.3) is 0 Å². The molecule has 0 saturated carbocycles. The van der Waals surface area contributed by atoms with E-state index in [1.807, 2.05) is 67.6 Å². The van der Waals surface area contributed by atoms with Gasteiger partial charge in [-0.3, -0.25) is 13.9 Å². The molecular weight excluding hydrogens is 550 g/mol. The fourth-order valence-corrected chi connectivity index (χ4v) is 5.36. The number of methoxy groups -OCH3 is 1. The van der Waals surface area contributed by atoms with Crippen molar-refractivity contribution in [2.24, 2.45) is 0 Å². The highest BCUT2D eigenvalue weighted by Crippen LogP contribution is 2.30. The molecule has 0 fully saturated rings. The largest absolute Gasteiger partial charge is 0.495 e. The number of carbonyl (C=O) groups is 2. The number of amides is 2. The highest BCUT2D eigenvalue weighted by Gasteiger charge is 2.33. The van der Waals surface area contributed by atoms with Gasteiger partial charge in [0.25, 0.3) is 0 Å². The molecule has 0 heterocycles. The maximum Gasteiger partial charge on any atom is 0.244 e. The average molecular weight is 586 g/mol. The van der Waals surface area contributed by atoms with Crippen LogP contribution >= 0.6 is 11.6 Å². The van der Waals surface area contributed by atoms with Crippen LogP contribution in [0.3, 0.4) is 0 Å². The van der Waals surface area contributed by atoms with Crippen LogP contribution in [-0.2, 0) is 32.6 Å². The van der Waals surface area contributed by atoms with Crippen LogP contribution in [0.1, 0.15) is 30.9 Å². The van der Waals surface area contributed by atoms with Gasteiger partial charge in [0.1, 0.15) is 18.3 Å². The zero-order valence-corrected chi connectivity index (χ0v) is 24.6. The predicted molar refractivity (Wildman–Crippen MR) is 159 cm³/mol. The number of nitrogens with zero attached hydrogens (tertiary/aromatic N) is 2. The number of nitrogens with one attached hydrogen (secondary N) is 1. The third-order valence-electron chi connectivity index (χ3n) is 6.40. The average Bonchev–Trinajstić information content (AvgIpc) is 2.94. The predicted octanol–water partition coefficient (Wildman–Crippen LogP) is 4.67. The number of halogens is 1. The lowest BCUT2D eigenvalue weighted by atomic mass is 10.0. The number of sulfonamides is 1. The van der Waals surface area contributed by atoms with Crippen molar-refractivity contribution < 1.29 is 22.7 Å². The standard InChI is InChI=1S/C30H36ClN3O5S/c1-4-5-18-32-30(36)27(19-23-12-8-6-9-13-23)33(21-24-14-10-7-11-15-24)29(35)22-34(40(3,37)38)25-16-17-28(39-2)26(31)20-25/h6-17,20,27H,4-5,18-19,21-22H2,1-3H3,(H,32,36)/t27-/m1/s1. The molecule has 10 heteroatoms. The van der Waals surface area contributed by atoms with Gasteiger partial charge in [0.05, 0.1) is 24.1 Å². The lowest BCUT2D eigenvalue weighted by molar-refractivity contribution is -0.140. The molecule has 3 aromatic rings. The van der Waals surface area contributed by atoms with Crippen LogP contribution in [0.15, 0.2) is 78.9 Å². The number of rotatable bonds is 14. The first-order valence-electron chi connectivity index (χ1n) is 13.1. The lowest BCUT2D eigenvalue weighted by Gasteiger charge is -2.33. The minimum Gasteiger partial charge on any atom is -0.495 e. The van der Waals surface area contributed by atoms with Gasteiger partial charge in [-0.05, 0) is 35.7 Å². The topological polar surface area (TPSA) is 96.0 Å². The maximum absolute atomic E-state index is 14.0. The van der Waals surface area contributed by atoms with Crippen molar-refractivity contribution in [2.75, 3.05) is 30.8 Å². The highest BCUT2D eigenvalue weighted by molar-refractivity contribution is 7.92. The summed E-state index contributed by atoms with van der Waals surface area (Å²) in [7, 11) is -2.44. The van der Waals surface area contributed by atoms with E-state index in [0.29, 0.717) is 12.3 Å². The Morgan fingerprint density at radius 3 is 2.15 bits per heavy atom. The molecule has 8 nitrogen and oxygen atoms in total. The molecule has 2 amide bonds. The van der Waals surface area contributed by atoms with Crippen LogP contribution in [0.2, 0.25) is 5.02 Å². The van der Waals surface area contributed by atoms with Gasteiger partial charge in [0.2, 0.25) is 21.8 Å². The van der Waals surface area contributed by atoms with Crippen molar-refractivity contribution in [1.29, 1.82) is 0 Å². The molecule has 0 saturated heterocycles. The number of hydrogen-bond donors (Lipinski definition) is 1. The van der Waals surface area contributed by atoms with E-state index in [1.54, 1.807) is 6.07 Å². The second-order valence-electron chi connectivity index (χ2n) is 9.45. The third kappa shape index (κ3) is 8.72. The second kappa shape index (κ2) is 14.7. The van der Waals surface area contributed by atoms with Crippen molar-refractivity contribution in [3.05, 3.63) is 95.0 Å². The number of ether oxygens (including phenoxy) is 1. The summed E-state index contributed by atoms with van der Waals surface area (Å²) >= 11 is 6.28. The van der Waals surface area contributed by atoms with E-state index in [1.165, 1.54) is 24.1 Å². The van der Waals surface area contributed by atoms with Gasteiger partial charge in [-0.1, -0.05) is 85.6 Å². The summed E-state index contributed by atoms with van der Waals surface area (Å²) in [5.41, 5.74) is 1.91. The summed E-state index contributed by atoms with van der Waals surface area (Å²) in [4.78, 5) is 29.1. The summed E-state index contributed by atoms with van der Waals surface area (Å²) in [5, 5.41) is 3.17. The zero-order valence-electron chi connectivity index (χ0n) is 23.0. The molecule has 0 bridgehead atoms. The van der Waals surface area contributed by atoms with Gasteiger partial charge in [0.15, 0.2) is 0 Å². The number of anilines is 1. The number of unbranched alkanes of at least 4 members (excludes halogenated alkanes) is 1. The van der Waals surface area contributed by atoms with Gasteiger partial charge in [-0.25, -0.2) is 8.42 Å². The highest BCUT2D eigenvalue weighted by atomic mass is 35.5. The zero-order chi connectivity index (χ0) is 29.1. The van der Waals surface area contributed by atoms with Gasteiger partial charge in [-0.2, -0.15) is 0 Å². The van der Waals surface area contributed by atoms with Gasteiger partial charge >= 0.3 is 0 Å². The van der Waals surface area contributed by atoms with Crippen LogP contribution in [0.4, 0.5) is 5.69 Å². The fraction of sp³-hybridized carbons (Fsp3) is 0.333. The normalized spacial score (nSPS) is 11.9. The summed E-state index contributed by atoms with van der Waals surface area (Å²) in [6.45, 7) is 2.12. The number of hydrogen-bond acceptors (Lipinski definition) is 5. The molecular formula is C30H36ClN3O5S. The first kappa shape index (κ1) is 31.0. The Bertz CT molecular complexity index is 1370. The first-order valence-corrected chi connectivity index (χ1v) is 15.3. The fourth-order valence-electron chi connectivity index (χ4n) is 4.26. The minimum absolute atomic E-state index is 0.124. The Morgan fingerprint density at radius 2 is 1.60 bits per heavy atom. The monoisotopic (exact) mass is 585 g/mol. The molecule has 0 radical (unpaired) electrons. The van der Waals surface area contributed by atoms with E-state index in [-0.39, 0.29) is 29.6 Å². The van der Waals surface area contributed by atoms with Gasteiger partial charge < -0.3 is 15.0 Å².